The molecule has 27 heavy (non-hydrogen) atoms. The maximum Gasteiger partial charge on any atom is 0.238 e. The molecule has 0 aliphatic carbocycles. The van der Waals surface area contributed by atoms with E-state index in [2.05, 4.69) is 72.6 Å². The number of piperidine rings is 1. The van der Waals surface area contributed by atoms with Gasteiger partial charge in [-0.3, -0.25) is 9.69 Å². The van der Waals surface area contributed by atoms with E-state index >= 15 is 0 Å². The van der Waals surface area contributed by atoms with Crippen molar-refractivity contribution < 1.29 is 4.79 Å². The van der Waals surface area contributed by atoms with Crippen LogP contribution in [0.3, 0.4) is 0 Å². The summed E-state index contributed by atoms with van der Waals surface area (Å²) in [5, 5.41) is 3.15. The number of likely N-dealkylation sites (tertiary alicyclic amines) is 1. The van der Waals surface area contributed by atoms with E-state index in [-0.39, 0.29) is 5.91 Å². The third-order valence-corrected chi connectivity index (χ3v) is 5.76. The van der Waals surface area contributed by atoms with Crippen LogP contribution in [0.5, 0.6) is 0 Å². The Morgan fingerprint density at radius 3 is 2.52 bits per heavy atom. The Morgan fingerprint density at radius 1 is 1.07 bits per heavy atom. The molecule has 0 unspecified atom stereocenters. The van der Waals surface area contributed by atoms with Crippen molar-refractivity contribution in [3.05, 3.63) is 65.2 Å². The molecule has 2 aromatic rings. The highest BCUT2D eigenvalue weighted by Gasteiger charge is 2.21. The van der Waals surface area contributed by atoms with E-state index in [9.17, 15) is 4.79 Å². The average Bonchev–Trinajstić information content (AvgIpc) is 2.70. The van der Waals surface area contributed by atoms with Gasteiger partial charge >= 0.3 is 0 Å². The second-order valence-corrected chi connectivity index (χ2v) is 7.75. The number of para-hydroxylation sites is 1. The van der Waals surface area contributed by atoms with E-state index in [0.717, 1.165) is 36.7 Å². The summed E-state index contributed by atoms with van der Waals surface area (Å²) in [5.41, 5.74) is 4.79. The van der Waals surface area contributed by atoms with Crippen molar-refractivity contribution in [2.24, 2.45) is 5.92 Å². The van der Waals surface area contributed by atoms with Gasteiger partial charge in [-0.05, 0) is 74.7 Å². The van der Waals surface area contributed by atoms with Gasteiger partial charge in [0.05, 0.1) is 6.54 Å². The molecule has 1 N–H and O–H groups in total. The Balaban J connectivity index is 1.43. The molecule has 1 amide bonds. The van der Waals surface area contributed by atoms with Gasteiger partial charge in [0.15, 0.2) is 0 Å². The molecule has 3 rings (SSSR count). The van der Waals surface area contributed by atoms with Gasteiger partial charge in [0.2, 0.25) is 5.91 Å². The Kier molecular flexibility index (Phi) is 7.05. The van der Waals surface area contributed by atoms with Crippen molar-refractivity contribution in [3.63, 3.8) is 0 Å². The summed E-state index contributed by atoms with van der Waals surface area (Å²) in [6, 6.07) is 17.0. The minimum Gasteiger partial charge on any atom is -0.324 e. The normalized spacial score (nSPS) is 15.6. The average molecular weight is 365 g/mol. The molecule has 0 saturated carbocycles. The Bertz CT molecular complexity index is 733. The SMILES string of the molecule is CCc1cccc(C)c1NC(=O)CN1CCC(CCc2ccccc2)CC1. The zero-order chi connectivity index (χ0) is 19.1. The molecule has 3 heteroatoms. The van der Waals surface area contributed by atoms with Crippen molar-refractivity contribution in [3.8, 4) is 0 Å². The first-order valence-corrected chi connectivity index (χ1v) is 10.3. The van der Waals surface area contributed by atoms with Crippen molar-refractivity contribution in [2.45, 2.75) is 46.0 Å². The number of benzene rings is 2. The van der Waals surface area contributed by atoms with Crippen molar-refractivity contribution >= 4 is 11.6 Å². The second-order valence-electron chi connectivity index (χ2n) is 7.75. The minimum atomic E-state index is 0.113. The van der Waals surface area contributed by atoms with E-state index in [0.29, 0.717) is 6.54 Å². The lowest BCUT2D eigenvalue weighted by atomic mass is 9.90. The van der Waals surface area contributed by atoms with Gasteiger partial charge in [-0.2, -0.15) is 0 Å². The van der Waals surface area contributed by atoms with Crippen LogP contribution in [0.4, 0.5) is 5.69 Å². The first kappa shape index (κ1) is 19.6. The summed E-state index contributed by atoms with van der Waals surface area (Å²) < 4.78 is 0. The summed E-state index contributed by atoms with van der Waals surface area (Å²) in [7, 11) is 0. The van der Waals surface area contributed by atoms with E-state index in [1.807, 2.05) is 0 Å². The summed E-state index contributed by atoms with van der Waals surface area (Å²) >= 11 is 0. The van der Waals surface area contributed by atoms with Crippen LogP contribution in [-0.2, 0) is 17.6 Å². The summed E-state index contributed by atoms with van der Waals surface area (Å²) in [5.74, 6) is 0.898. The Labute approximate surface area is 163 Å². The number of anilines is 1. The quantitative estimate of drug-likeness (QED) is 0.762. The standard InChI is InChI=1S/C24H32N2O/c1-3-22-11-7-8-19(2)24(22)25-23(27)18-26-16-14-21(15-17-26)13-12-20-9-5-4-6-10-20/h4-11,21H,3,12-18H2,1-2H3,(H,25,27). The Hall–Kier alpha value is -2.13. The molecule has 1 heterocycles. The van der Waals surface area contributed by atoms with Crippen molar-refractivity contribution in [1.29, 1.82) is 0 Å². The summed E-state index contributed by atoms with van der Waals surface area (Å²) in [4.78, 5) is 14.8. The first-order valence-electron chi connectivity index (χ1n) is 10.3. The van der Waals surface area contributed by atoms with E-state index in [1.165, 1.54) is 36.8 Å². The van der Waals surface area contributed by atoms with Crippen LogP contribution in [0.15, 0.2) is 48.5 Å². The number of rotatable bonds is 7. The van der Waals surface area contributed by atoms with Crippen molar-refractivity contribution in [1.82, 2.24) is 4.90 Å². The molecule has 1 aliphatic heterocycles. The lowest BCUT2D eigenvalue weighted by molar-refractivity contribution is -0.117. The molecule has 0 radical (unpaired) electrons. The number of hydrogen-bond donors (Lipinski definition) is 1. The number of nitrogens with zero attached hydrogens (tertiary/aromatic N) is 1. The molecule has 0 aromatic heterocycles. The topological polar surface area (TPSA) is 32.3 Å². The van der Waals surface area contributed by atoms with Gasteiger partial charge in [0.25, 0.3) is 0 Å². The fraction of sp³-hybridized carbons (Fsp3) is 0.458. The highest BCUT2D eigenvalue weighted by molar-refractivity contribution is 5.93. The first-order chi connectivity index (χ1) is 13.2. The predicted octanol–water partition coefficient (Wildman–Crippen LogP) is 4.84. The number of amides is 1. The highest BCUT2D eigenvalue weighted by Crippen LogP contribution is 2.23. The zero-order valence-corrected chi connectivity index (χ0v) is 16.7. The highest BCUT2D eigenvalue weighted by atomic mass is 16.2. The van der Waals surface area contributed by atoms with Crippen LogP contribution < -0.4 is 5.32 Å². The summed E-state index contributed by atoms with van der Waals surface area (Å²) in [6.07, 6.45) is 5.76. The molecular weight excluding hydrogens is 332 g/mol. The van der Waals surface area contributed by atoms with Crippen molar-refractivity contribution in [2.75, 3.05) is 25.0 Å². The molecule has 3 nitrogen and oxygen atoms in total. The van der Waals surface area contributed by atoms with Gasteiger partial charge in [0.1, 0.15) is 0 Å². The fourth-order valence-corrected chi connectivity index (χ4v) is 4.03. The lowest BCUT2D eigenvalue weighted by Gasteiger charge is -2.31. The molecule has 144 valence electrons. The maximum absolute atomic E-state index is 12.5. The van der Waals surface area contributed by atoms with E-state index in [1.54, 1.807) is 0 Å². The second kappa shape index (κ2) is 9.70. The van der Waals surface area contributed by atoms with Crippen LogP contribution in [0.25, 0.3) is 0 Å². The smallest absolute Gasteiger partial charge is 0.238 e. The van der Waals surface area contributed by atoms with Gasteiger partial charge in [-0.15, -0.1) is 0 Å². The molecule has 0 atom stereocenters. The van der Waals surface area contributed by atoms with Crippen LogP contribution in [0, 0.1) is 12.8 Å². The van der Waals surface area contributed by atoms with Crippen LogP contribution in [0.2, 0.25) is 0 Å². The molecule has 1 saturated heterocycles. The maximum atomic E-state index is 12.5. The van der Waals surface area contributed by atoms with Crippen LogP contribution >= 0.6 is 0 Å². The predicted molar refractivity (Wildman–Crippen MR) is 113 cm³/mol. The number of nitrogens with one attached hydrogen (secondary N) is 1. The monoisotopic (exact) mass is 364 g/mol. The minimum absolute atomic E-state index is 0.113. The van der Waals surface area contributed by atoms with Gasteiger partial charge in [0, 0.05) is 5.69 Å². The Morgan fingerprint density at radius 2 is 1.81 bits per heavy atom. The fourth-order valence-electron chi connectivity index (χ4n) is 4.03. The third kappa shape index (κ3) is 5.67. The number of hydrogen-bond acceptors (Lipinski definition) is 2. The largest absolute Gasteiger partial charge is 0.324 e. The molecule has 0 bridgehead atoms. The number of carbonyl (C=O) groups is 1. The lowest BCUT2D eigenvalue weighted by Crippen LogP contribution is -2.39. The molecule has 2 aromatic carbocycles. The molecule has 1 fully saturated rings. The molecule has 0 spiro atoms. The summed E-state index contributed by atoms with van der Waals surface area (Å²) in [6.45, 7) is 6.75. The van der Waals surface area contributed by atoms with Gasteiger partial charge in [-0.25, -0.2) is 0 Å². The molecular formula is C24H32N2O. The van der Waals surface area contributed by atoms with Crippen LogP contribution in [-0.4, -0.2) is 30.4 Å². The zero-order valence-electron chi connectivity index (χ0n) is 16.7. The third-order valence-electron chi connectivity index (χ3n) is 5.76. The van der Waals surface area contributed by atoms with E-state index < -0.39 is 0 Å². The van der Waals surface area contributed by atoms with Gasteiger partial charge < -0.3 is 5.32 Å². The molecule has 1 aliphatic rings. The number of aryl methyl sites for hydroxylation is 3. The van der Waals surface area contributed by atoms with E-state index in [4.69, 9.17) is 0 Å². The van der Waals surface area contributed by atoms with Crippen LogP contribution in [0.1, 0.15) is 42.9 Å². The van der Waals surface area contributed by atoms with Gasteiger partial charge in [-0.1, -0.05) is 55.5 Å². The number of carbonyl (C=O) groups excluding carboxylic acids is 1.